The van der Waals surface area contributed by atoms with Crippen molar-refractivity contribution in [3.8, 4) is 11.5 Å². The zero-order chi connectivity index (χ0) is 23.3. The molecule has 0 saturated heterocycles. The number of aromatic nitrogens is 1. The number of nitrogens with one attached hydrogen (secondary N) is 1. The molecule has 1 aromatic carbocycles. The highest BCUT2D eigenvalue weighted by molar-refractivity contribution is 5.97. The third kappa shape index (κ3) is 5.71. The fourth-order valence-electron chi connectivity index (χ4n) is 3.46. The summed E-state index contributed by atoms with van der Waals surface area (Å²) in [7, 11) is 1.35. The molecule has 0 radical (unpaired) electrons. The maximum absolute atomic E-state index is 14.1. The molecule has 2 rings (SSSR count). The van der Waals surface area contributed by atoms with Crippen LogP contribution in [0.4, 0.5) is 4.39 Å². The fraction of sp³-hybridized carbons (Fsp3) is 0.435. The van der Waals surface area contributed by atoms with Gasteiger partial charge < -0.3 is 19.9 Å². The Kier molecular flexibility index (Phi) is 7.96. The van der Waals surface area contributed by atoms with E-state index < -0.39 is 29.8 Å². The van der Waals surface area contributed by atoms with Crippen LogP contribution >= 0.6 is 0 Å². The molecule has 0 aliphatic rings. The molecule has 0 saturated carbocycles. The van der Waals surface area contributed by atoms with Crippen LogP contribution in [0.1, 0.15) is 55.2 Å². The molecule has 0 fully saturated rings. The average molecular weight is 432 g/mol. The lowest BCUT2D eigenvalue weighted by molar-refractivity contribution is -0.151. The van der Waals surface area contributed by atoms with Crippen molar-refractivity contribution < 1.29 is 28.6 Å². The minimum absolute atomic E-state index is 0.0766. The highest BCUT2D eigenvalue weighted by Crippen LogP contribution is 2.31. The van der Waals surface area contributed by atoms with Crippen molar-refractivity contribution >= 4 is 11.9 Å². The van der Waals surface area contributed by atoms with E-state index in [0.717, 1.165) is 5.56 Å². The molecule has 0 unspecified atom stereocenters. The summed E-state index contributed by atoms with van der Waals surface area (Å²) in [5, 5.41) is 12.5. The minimum atomic E-state index is -0.995. The van der Waals surface area contributed by atoms with Crippen LogP contribution in [0.5, 0.6) is 11.5 Å². The molecule has 1 heterocycles. The van der Waals surface area contributed by atoms with Crippen LogP contribution in [0.25, 0.3) is 0 Å². The van der Waals surface area contributed by atoms with Gasteiger partial charge in [-0.3, -0.25) is 4.79 Å². The Morgan fingerprint density at radius 1 is 1.16 bits per heavy atom. The van der Waals surface area contributed by atoms with Crippen LogP contribution in [0.2, 0.25) is 0 Å². The summed E-state index contributed by atoms with van der Waals surface area (Å²) < 4.78 is 24.6. The molecule has 0 aliphatic heterocycles. The summed E-state index contributed by atoms with van der Waals surface area (Å²) in [6, 6.07) is 5.41. The van der Waals surface area contributed by atoms with Crippen LogP contribution in [0.15, 0.2) is 30.5 Å². The zero-order valence-corrected chi connectivity index (χ0v) is 18.6. The molecule has 8 heteroatoms. The van der Waals surface area contributed by atoms with Crippen molar-refractivity contribution in [3.05, 3.63) is 53.1 Å². The maximum atomic E-state index is 14.1. The fourth-order valence-corrected chi connectivity index (χ4v) is 3.46. The number of nitrogens with zero attached hydrogens (tertiary/aromatic N) is 1. The number of hydrogen-bond acceptors (Lipinski definition) is 6. The van der Waals surface area contributed by atoms with Crippen molar-refractivity contribution in [2.45, 2.75) is 52.7 Å². The first-order chi connectivity index (χ1) is 14.6. The number of carbonyl (C=O) groups excluding carboxylic acids is 2. The Morgan fingerprint density at radius 2 is 1.84 bits per heavy atom. The van der Waals surface area contributed by atoms with E-state index in [1.54, 1.807) is 19.9 Å². The van der Waals surface area contributed by atoms with Gasteiger partial charge in [-0.2, -0.15) is 0 Å². The Balaban J connectivity index is 2.10. The molecule has 0 bridgehead atoms. The molecule has 2 aromatic rings. The van der Waals surface area contributed by atoms with Crippen LogP contribution in [-0.2, 0) is 9.53 Å². The second kappa shape index (κ2) is 10.2. The summed E-state index contributed by atoms with van der Waals surface area (Å²) in [4.78, 5) is 28.9. The normalized spacial score (nSPS) is 13.9. The number of amides is 1. The van der Waals surface area contributed by atoms with Gasteiger partial charge in [-0.15, -0.1) is 0 Å². The number of ether oxygens (including phenoxy) is 2. The lowest BCUT2D eigenvalue weighted by atomic mass is 9.84. The number of aromatic hydroxyl groups is 1. The van der Waals surface area contributed by atoms with Gasteiger partial charge in [0.25, 0.3) is 5.91 Å². The summed E-state index contributed by atoms with van der Waals surface area (Å²) in [5.41, 5.74) is 1.02. The molecule has 168 valence electrons. The highest BCUT2D eigenvalue weighted by Gasteiger charge is 2.29. The number of pyridine rings is 1. The summed E-state index contributed by atoms with van der Waals surface area (Å²) in [6.07, 6.45) is 0.754. The largest absolute Gasteiger partial charge is 0.503 e. The van der Waals surface area contributed by atoms with Crippen molar-refractivity contribution in [2.75, 3.05) is 7.11 Å². The zero-order valence-electron chi connectivity index (χ0n) is 18.6. The van der Waals surface area contributed by atoms with Gasteiger partial charge in [0.15, 0.2) is 17.2 Å². The van der Waals surface area contributed by atoms with Crippen LogP contribution in [-0.4, -0.2) is 41.2 Å². The number of hydrogen-bond donors (Lipinski definition) is 2. The second-order valence-corrected chi connectivity index (χ2v) is 7.83. The van der Waals surface area contributed by atoms with Crippen LogP contribution < -0.4 is 10.1 Å². The van der Waals surface area contributed by atoms with E-state index >= 15 is 0 Å². The number of methoxy groups -OCH3 is 1. The summed E-state index contributed by atoms with van der Waals surface area (Å²) in [6.45, 7) is 8.83. The van der Waals surface area contributed by atoms with Gasteiger partial charge in [0.2, 0.25) is 0 Å². The molecule has 3 atom stereocenters. The molecule has 1 aromatic heterocycles. The van der Waals surface area contributed by atoms with E-state index in [1.165, 1.54) is 32.4 Å². The molecule has 7 nitrogen and oxygen atoms in total. The maximum Gasteiger partial charge on any atom is 0.328 e. The van der Waals surface area contributed by atoms with Crippen molar-refractivity contribution in [2.24, 2.45) is 5.92 Å². The smallest absolute Gasteiger partial charge is 0.328 e. The first-order valence-corrected chi connectivity index (χ1v) is 10.1. The Morgan fingerprint density at radius 3 is 2.42 bits per heavy atom. The SMILES string of the molecule is COc1ccnc(C(=O)N[C@@H](C)C(=O)O[C@@H](C)[C@H](c2ccc(C)c(F)c2)C(C)C)c1O. The Labute approximate surface area is 181 Å². The predicted molar refractivity (Wildman–Crippen MR) is 114 cm³/mol. The molecule has 0 aliphatic carbocycles. The topological polar surface area (TPSA) is 97.8 Å². The van der Waals surface area contributed by atoms with Crippen LogP contribution in [0.3, 0.4) is 0 Å². The van der Waals surface area contributed by atoms with E-state index in [-0.39, 0.29) is 29.1 Å². The Hall–Kier alpha value is -3.16. The van der Waals surface area contributed by atoms with Crippen molar-refractivity contribution in [1.29, 1.82) is 0 Å². The molecule has 2 N–H and O–H groups in total. The number of halogens is 1. The summed E-state index contributed by atoms with van der Waals surface area (Å²) in [5.74, 6) is -2.19. The predicted octanol–water partition coefficient (Wildman–Crippen LogP) is 3.73. The molecular weight excluding hydrogens is 403 g/mol. The van der Waals surface area contributed by atoms with Crippen molar-refractivity contribution in [3.63, 3.8) is 0 Å². The minimum Gasteiger partial charge on any atom is -0.503 e. The number of aryl methyl sites for hydroxylation is 1. The average Bonchev–Trinajstić information content (AvgIpc) is 2.70. The second-order valence-electron chi connectivity index (χ2n) is 7.83. The Bertz CT molecular complexity index is 948. The third-order valence-corrected chi connectivity index (χ3v) is 5.13. The van der Waals surface area contributed by atoms with Gasteiger partial charge in [-0.1, -0.05) is 26.0 Å². The quantitative estimate of drug-likeness (QED) is 0.617. The van der Waals surface area contributed by atoms with E-state index in [9.17, 15) is 19.1 Å². The van der Waals surface area contributed by atoms with Gasteiger partial charge in [0.1, 0.15) is 18.0 Å². The van der Waals surface area contributed by atoms with E-state index in [0.29, 0.717) is 5.56 Å². The van der Waals surface area contributed by atoms with E-state index in [1.807, 2.05) is 19.9 Å². The first-order valence-electron chi connectivity index (χ1n) is 10.1. The van der Waals surface area contributed by atoms with E-state index in [2.05, 4.69) is 10.3 Å². The standard InChI is InChI=1S/C23H29FN2O5/c1-12(2)19(16-8-7-13(3)17(24)11-16)15(5)31-23(29)14(4)26-22(28)20-21(27)18(30-6)9-10-25-20/h7-12,14-15,19,27H,1-6H3,(H,26,28)/t14-,15-,19+/m0/s1. The lowest BCUT2D eigenvalue weighted by Crippen LogP contribution is -2.42. The summed E-state index contributed by atoms with van der Waals surface area (Å²) >= 11 is 0. The van der Waals surface area contributed by atoms with Gasteiger partial charge in [-0.05, 0) is 43.9 Å². The number of rotatable bonds is 8. The highest BCUT2D eigenvalue weighted by atomic mass is 19.1. The third-order valence-electron chi connectivity index (χ3n) is 5.13. The molecule has 0 spiro atoms. The van der Waals surface area contributed by atoms with Crippen molar-refractivity contribution in [1.82, 2.24) is 10.3 Å². The van der Waals surface area contributed by atoms with Gasteiger partial charge in [-0.25, -0.2) is 14.2 Å². The lowest BCUT2D eigenvalue weighted by Gasteiger charge is -2.29. The van der Waals surface area contributed by atoms with Crippen LogP contribution in [0, 0.1) is 18.7 Å². The van der Waals surface area contributed by atoms with Gasteiger partial charge in [0.05, 0.1) is 7.11 Å². The monoisotopic (exact) mass is 432 g/mol. The number of esters is 1. The molecular formula is C23H29FN2O5. The first kappa shape index (κ1) is 24.1. The number of benzene rings is 1. The molecule has 1 amide bonds. The molecule has 31 heavy (non-hydrogen) atoms. The van der Waals surface area contributed by atoms with Gasteiger partial charge in [0, 0.05) is 18.2 Å². The van der Waals surface area contributed by atoms with Gasteiger partial charge >= 0.3 is 5.97 Å². The van der Waals surface area contributed by atoms with E-state index in [4.69, 9.17) is 9.47 Å². The number of carbonyl (C=O) groups is 2.